The van der Waals surface area contributed by atoms with Crippen molar-refractivity contribution in [1.82, 2.24) is 4.90 Å². The van der Waals surface area contributed by atoms with E-state index in [0.717, 1.165) is 31.2 Å². The van der Waals surface area contributed by atoms with E-state index in [-0.39, 0.29) is 23.7 Å². The molecular weight excluding hydrogens is 240 g/mol. The third-order valence-corrected chi connectivity index (χ3v) is 4.05. The van der Waals surface area contributed by atoms with Crippen LogP contribution in [-0.2, 0) is 0 Å². The number of hydrogen-bond acceptors (Lipinski definition) is 3. The van der Waals surface area contributed by atoms with Gasteiger partial charge in [0.05, 0.1) is 0 Å². The van der Waals surface area contributed by atoms with E-state index >= 15 is 0 Å². The standard InChI is InChI=1S/C15H22N2O2/c1-10-9-11(3-8-14(10)18)15(19)17(2)13-6-4-12(16)5-7-13/h3,8-9,12-13,18H,4-7,16H2,1-2H3. The second kappa shape index (κ2) is 5.61. The summed E-state index contributed by atoms with van der Waals surface area (Å²) < 4.78 is 0. The number of rotatable bonds is 2. The Morgan fingerprint density at radius 2 is 1.95 bits per heavy atom. The fraction of sp³-hybridized carbons (Fsp3) is 0.533. The summed E-state index contributed by atoms with van der Waals surface area (Å²) in [6.07, 6.45) is 3.91. The fourth-order valence-electron chi connectivity index (χ4n) is 2.65. The molecule has 1 amide bonds. The third kappa shape index (κ3) is 3.07. The predicted molar refractivity (Wildman–Crippen MR) is 75.2 cm³/mol. The van der Waals surface area contributed by atoms with Crippen molar-refractivity contribution in [3.8, 4) is 5.75 Å². The van der Waals surface area contributed by atoms with Crippen LogP contribution in [0.15, 0.2) is 18.2 Å². The lowest BCUT2D eigenvalue weighted by molar-refractivity contribution is 0.0690. The van der Waals surface area contributed by atoms with E-state index in [1.807, 2.05) is 11.9 Å². The van der Waals surface area contributed by atoms with Gasteiger partial charge in [0.2, 0.25) is 0 Å². The number of aromatic hydroxyl groups is 1. The van der Waals surface area contributed by atoms with Crippen LogP contribution in [0.25, 0.3) is 0 Å². The number of amides is 1. The molecule has 2 rings (SSSR count). The summed E-state index contributed by atoms with van der Waals surface area (Å²) in [4.78, 5) is 14.2. The summed E-state index contributed by atoms with van der Waals surface area (Å²) >= 11 is 0. The number of aryl methyl sites for hydroxylation is 1. The zero-order valence-electron chi connectivity index (χ0n) is 11.6. The Bertz CT molecular complexity index is 465. The summed E-state index contributed by atoms with van der Waals surface area (Å²) in [5.41, 5.74) is 7.25. The molecule has 4 nitrogen and oxygen atoms in total. The molecule has 1 aliphatic rings. The Hall–Kier alpha value is -1.55. The van der Waals surface area contributed by atoms with Crippen molar-refractivity contribution in [3.63, 3.8) is 0 Å². The van der Waals surface area contributed by atoms with Crippen molar-refractivity contribution < 1.29 is 9.90 Å². The molecule has 19 heavy (non-hydrogen) atoms. The van der Waals surface area contributed by atoms with Crippen molar-refractivity contribution in [2.24, 2.45) is 5.73 Å². The molecule has 0 unspecified atom stereocenters. The Kier molecular flexibility index (Phi) is 4.10. The molecule has 1 saturated carbocycles. The third-order valence-electron chi connectivity index (χ3n) is 4.05. The van der Waals surface area contributed by atoms with Gasteiger partial charge in [-0.1, -0.05) is 0 Å². The van der Waals surface area contributed by atoms with Crippen molar-refractivity contribution in [1.29, 1.82) is 0 Å². The molecule has 4 heteroatoms. The van der Waals surface area contributed by atoms with E-state index in [1.165, 1.54) is 0 Å². The molecule has 0 radical (unpaired) electrons. The van der Waals surface area contributed by atoms with Crippen molar-refractivity contribution in [2.45, 2.75) is 44.7 Å². The summed E-state index contributed by atoms with van der Waals surface area (Å²) in [5, 5.41) is 9.50. The van der Waals surface area contributed by atoms with Gasteiger partial charge in [-0.2, -0.15) is 0 Å². The average molecular weight is 262 g/mol. The van der Waals surface area contributed by atoms with Crippen LogP contribution in [0.2, 0.25) is 0 Å². The van der Waals surface area contributed by atoms with Crippen LogP contribution in [0, 0.1) is 6.92 Å². The molecule has 0 aromatic heterocycles. The Morgan fingerprint density at radius 3 is 2.53 bits per heavy atom. The first-order valence-corrected chi connectivity index (χ1v) is 6.81. The van der Waals surface area contributed by atoms with Gasteiger partial charge in [-0.15, -0.1) is 0 Å². The van der Waals surface area contributed by atoms with Crippen molar-refractivity contribution >= 4 is 5.91 Å². The van der Waals surface area contributed by atoms with Gasteiger partial charge in [0.1, 0.15) is 5.75 Å². The van der Waals surface area contributed by atoms with E-state index in [1.54, 1.807) is 25.1 Å². The second-order valence-corrected chi connectivity index (χ2v) is 5.49. The zero-order valence-corrected chi connectivity index (χ0v) is 11.6. The van der Waals surface area contributed by atoms with Gasteiger partial charge in [0.15, 0.2) is 0 Å². The highest BCUT2D eigenvalue weighted by molar-refractivity contribution is 5.94. The van der Waals surface area contributed by atoms with Gasteiger partial charge in [-0.3, -0.25) is 4.79 Å². The maximum atomic E-state index is 12.4. The SMILES string of the molecule is Cc1cc(C(=O)N(C)C2CCC(N)CC2)ccc1O. The summed E-state index contributed by atoms with van der Waals surface area (Å²) in [7, 11) is 1.85. The highest BCUT2D eigenvalue weighted by Crippen LogP contribution is 2.24. The van der Waals surface area contributed by atoms with Crippen LogP contribution in [0.3, 0.4) is 0 Å². The molecule has 1 aromatic carbocycles. The molecule has 0 aliphatic heterocycles. The Morgan fingerprint density at radius 1 is 1.32 bits per heavy atom. The van der Waals surface area contributed by atoms with Gasteiger partial charge in [-0.05, 0) is 56.4 Å². The van der Waals surface area contributed by atoms with Crippen LogP contribution in [-0.4, -0.2) is 35.0 Å². The van der Waals surface area contributed by atoms with Crippen LogP contribution in [0.1, 0.15) is 41.6 Å². The molecule has 0 heterocycles. The first-order chi connectivity index (χ1) is 8.99. The number of benzene rings is 1. The Balaban J connectivity index is 2.08. The lowest BCUT2D eigenvalue weighted by Gasteiger charge is -2.33. The highest BCUT2D eigenvalue weighted by Gasteiger charge is 2.25. The molecule has 0 spiro atoms. The van der Waals surface area contributed by atoms with E-state index < -0.39 is 0 Å². The monoisotopic (exact) mass is 262 g/mol. The lowest BCUT2D eigenvalue weighted by atomic mass is 9.90. The number of phenolic OH excluding ortho intramolecular Hbond substituents is 1. The minimum absolute atomic E-state index is 0.0172. The molecule has 1 aromatic rings. The van der Waals surface area contributed by atoms with E-state index in [4.69, 9.17) is 5.73 Å². The average Bonchev–Trinajstić information content (AvgIpc) is 2.41. The van der Waals surface area contributed by atoms with Gasteiger partial charge in [-0.25, -0.2) is 0 Å². The molecular formula is C15H22N2O2. The number of hydrogen-bond donors (Lipinski definition) is 2. The Labute approximate surface area is 114 Å². The molecule has 0 bridgehead atoms. The molecule has 0 saturated heterocycles. The number of carbonyl (C=O) groups excluding carboxylic acids is 1. The number of carbonyl (C=O) groups is 1. The highest BCUT2D eigenvalue weighted by atomic mass is 16.3. The van der Waals surface area contributed by atoms with Gasteiger partial charge in [0, 0.05) is 24.7 Å². The van der Waals surface area contributed by atoms with E-state index in [0.29, 0.717) is 5.56 Å². The molecule has 1 fully saturated rings. The van der Waals surface area contributed by atoms with E-state index in [2.05, 4.69) is 0 Å². The van der Waals surface area contributed by atoms with Crippen LogP contribution >= 0.6 is 0 Å². The fourth-order valence-corrected chi connectivity index (χ4v) is 2.65. The van der Waals surface area contributed by atoms with E-state index in [9.17, 15) is 9.90 Å². The van der Waals surface area contributed by atoms with Crippen molar-refractivity contribution in [3.05, 3.63) is 29.3 Å². The maximum absolute atomic E-state index is 12.4. The number of phenols is 1. The van der Waals surface area contributed by atoms with Gasteiger partial charge in [0.25, 0.3) is 5.91 Å². The number of nitrogens with two attached hydrogens (primary N) is 1. The normalized spacial score (nSPS) is 23.1. The predicted octanol–water partition coefficient (Wildman–Crippen LogP) is 2.04. The van der Waals surface area contributed by atoms with Crippen LogP contribution in [0.5, 0.6) is 5.75 Å². The first kappa shape index (κ1) is 13.9. The molecule has 3 N–H and O–H groups in total. The summed E-state index contributed by atoms with van der Waals surface area (Å²) in [6, 6.07) is 5.56. The smallest absolute Gasteiger partial charge is 0.253 e. The largest absolute Gasteiger partial charge is 0.508 e. The zero-order chi connectivity index (χ0) is 14.0. The van der Waals surface area contributed by atoms with Crippen LogP contribution in [0.4, 0.5) is 0 Å². The van der Waals surface area contributed by atoms with Crippen LogP contribution < -0.4 is 5.73 Å². The van der Waals surface area contributed by atoms with Gasteiger partial charge < -0.3 is 15.7 Å². The minimum Gasteiger partial charge on any atom is -0.508 e. The first-order valence-electron chi connectivity index (χ1n) is 6.81. The number of nitrogens with zero attached hydrogens (tertiary/aromatic N) is 1. The topological polar surface area (TPSA) is 66.6 Å². The molecule has 104 valence electrons. The second-order valence-electron chi connectivity index (χ2n) is 5.49. The minimum atomic E-state index is 0.0172. The van der Waals surface area contributed by atoms with Crippen molar-refractivity contribution in [2.75, 3.05) is 7.05 Å². The molecule has 0 atom stereocenters. The van der Waals surface area contributed by atoms with Gasteiger partial charge >= 0.3 is 0 Å². The summed E-state index contributed by atoms with van der Waals surface area (Å²) in [5.74, 6) is 0.242. The quantitative estimate of drug-likeness (QED) is 0.857. The molecule has 1 aliphatic carbocycles. The maximum Gasteiger partial charge on any atom is 0.253 e. The lowest BCUT2D eigenvalue weighted by Crippen LogP contribution is -2.41. The summed E-state index contributed by atoms with van der Waals surface area (Å²) in [6.45, 7) is 1.80.